The van der Waals surface area contributed by atoms with Gasteiger partial charge in [-0.1, -0.05) is 29.3 Å². The summed E-state index contributed by atoms with van der Waals surface area (Å²) in [6.45, 7) is 1.64. The van der Waals surface area contributed by atoms with Crippen LogP contribution in [0.4, 0.5) is 5.69 Å². The van der Waals surface area contributed by atoms with Crippen molar-refractivity contribution in [3.8, 4) is 0 Å². The summed E-state index contributed by atoms with van der Waals surface area (Å²) in [7, 11) is 1.54. The van der Waals surface area contributed by atoms with Gasteiger partial charge in [0.05, 0.1) is 22.3 Å². The predicted molar refractivity (Wildman–Crippen MR) is 81.0 cm³/mol. The molecule has 0 radical (unpaired) electrons. The number of nitrogens with one attached hydrogen (secondary N) is 1. The zero-order chi connectivity index (χ0) is 15.3. The van der Waals surface area contributed by atoms with Crippen molar-refractivity contribution >= 4 is 40.7 Å². The molecule has 0 aliphatic carbocycles. The first-order valence-corrected chi connectivity index (χ1v) is 6.80. The monoisotopic (exact) mass is 317 g/mol. The summed E-state index contributed by atoms with van der Waals surface area (Å²) in [6.07, 6.45) is 0.191. The maximum atomic E-state index is 11.9. The van der Waals surface area contributed by atoms with Crippen LogP contribution in [0, 0.1) is 0 Å². The molecule has 0 bridgehead atoms. The Hall–Kier alpha value is -1.30. The van der Waals surface area contributed by atoms with Gasteiger partial charge in [0.15, 0.2) is 0 Å². The number of hydrogen-bond donors (Lipinski definition) is 2. The van der Waals surface area contributed by atoms with Crippen LogP contribution < -0.4 is 11.1 Å². The number of nitrogens with zero attached hydrogens (tertiary/aromatic N) is 1. The summed E-state index contributed by atoms with van der Waals surface area (Å²) in [6, 6.07) is 4.67. The predicted octanol–water partition coefficient (Wildman–Crippen LogP) is 2.13. The molecule has 0 saturated heterocycles. The average Bonchev–Trinajstić information content (AvgIpc) is 2.33. The maximum Gasteiger partial charge on any atom is 0.244 e. The molecule has 7 heteroatoms. The Labute approximate surface area is 128 Å². The lowest BCUT2D eigenvalue weighted by Crippen LogP contribution is -2.37. The van der Waals surface area contributed by atoms with E-state index in [4.69, 9.17) is 28.9 Å². The summed E-state index contributed by atoms with van der Waals surface area (Å²) >= 11 is 11.9. The largest absolute Gasteiger partial charge is 0.336 e. The van der Waals surface area contributed by atoms with E-state index in [9.17, 15) is 9.59 Å². The Morgan fingerprint density at radius 2 is 1.90 bits per heavy atom. The van der Waals surface area contributed by atoms with Gasteiger partial charge in [-0.25, -0.2) is 0 Å². The fraction of sp³-hybridized carbons (Fsp3) is 0.385. The molecule has 0 heterocycles. The Kier molecular flexibility index (Phi) is 6.26. The molecular formula is C13H17Cl2N3O2. The summed E-state index contributed by atoms with van der Waals surface area (Å²) in [5, 5.41) is 3.28. The summed E-state index contributed by atoms with van der Waals surface area (Å²) in [5.74, 6) is -0.569. The molecule has 5 nitrogen and oxygen atoms in total. The van der Waals surface area contributed by atoms with Crippen LogP contribution >= 0.6 is 23.2 Å². The Morgan fingerprint density at radius 1 is 1.35 bits per heavy atom. The van der Waals surface area contributed by atoms with Crippen LogP contribution in [0.5, 0.6) is 0 Å². The van der Waals surface area contributed by atoms with Crippen molar-refractivity contribution in [1.82, 2.24) is 4.90 Å². The van der Waals surface area contributed by atoms with E-state index >= 15 is 0 Å². The molecule has 1 unspecified atom stereocenters. The molecule has 3 N–H and O–H groups in total. The molecule has 0 saturated carbocycles. The van der Waals surface area contributed by atoms with E-state index < -0.39 is 0 Å². The number of nitrogens with two attached hydrogens (primary N) is 1. The van der Waals surface area contributed by atoms with E-state index in [-0.39, 0.29) is 30.8 Å². The third-order valence-electron chi connectivity index (χ3n) is 2.53. The minimum Gasteiger partial charge on any atom is -0.336 e. The van der Waals surface area contributed by atoms with Gasteiger partial charge in [0, 0.05) is 19.5 Å². The number of likely N-dealkylation sites (N-methyl/N-ethyl adjacent to an activating group) is 1. The van der Waals surface area contributed by atoms with Crippen LogP contribution in [0.3, 0.4) is 0 Å². The van der Waals surface area contributed by atoms with Crippen LogP contribution in [0.1, 0.15) is 13.3 Å². The lowest BCUT2D eigenvalue weighted by Gasteiger charge is -2.18. The molecule has 1 rings (SSSR count). The first-order valence-electron chi connectivity index (χ1n) is 6.04. The molecule has 0 aliphatic rings. The third kappa shape index (κ3) is 5.00. The molecule has 0 spiro atoms. The fourth-order valence-corrected chi connectivity index (χ4v) is 2.02. The molecule has 0 aliphatic heterocycles. The fourth-order valence-electron chi connectivity index (χ4n) is 1.53. The zero-order valence-electron chi connectivity index (χ0n) is 11.3. The van der Waals surface area contributed by atoms with Gasteiger partial charge >= 0.3 is 0 Å². The molecular weight excluding hydrogens is 301 g/mol. The molecule has 2 amide bonds. The summed E-state index contributed by atoms with van der Waals surface area (Å²) < 4.78 is 0. The molecule has 1 aromatic rings. The van der Waals surface area contributed by atoms with E-state index in [0.29, 0.717) is 15.7 Å². The number of halogens is 2. The zero-order valence-corrected chi connectivity index (χ0v) is 12.8. The molecule has 20 heavy (non-hydrogen) atoms. The highest BCUT2D eigenvalue weighted by Gasteiger charge is 2.16. The van der Waals surface area contributed by atoms with Crippen LogP contribution in [-0.2, 0) is 9.59 Å². The molecule has 1 atom stereocenters. The lowest BCUT2D eigenvalue weighted by atomic mass is 10.2. The third-order valence-corrected chi connectivity index (χ3v) is 3.16. The first kappa shape index (κ1) is 16.8. The number of anilines is 1. The van der Waals surface area contributed by atoms with Gasteiger partial charge < -0.3 is 16.0 Å². The maximum absolute atomic E-state index is 11.9. The molecule has 0 fully saturated rings. The minimum atomic E-state index is -0.375. The standard InChI is InChI=1S/C13H17Cl2N3O2/c1-8(16)6-12(20)18(2)7-11(19)17-13-9(14)4-3-5-10(13)15/h3-5,8H,6-7,16H2,1-2H3,(H,17,19). The van der Waals surface area contributed by atoms with Gasteiger partial charge in [0.2, 0.25) is 11.8 Å². The van der Waals surface area contributed by atoms with Crippen LogP contribution in [-0.4, -0.2) is 36.3 Å². The van der Waals surface area contributed by atoms with Crippen molar-refractivity contribution in [1.29, 1.82) is 0 Å². The van der Waals surface area contributed by atoms with Gasteiger partial charge in [-0.05, 0) is 19.1 Å². The molecule has 0 aromatic heterocycles. The van der Waals surface area contributed by atoms with Gasteiger partial charge in [-0.2, -0.15) is 0 Å². The molecule has 1 aromatic carbocycles. The normalized spacial score (nSPS) is 11.8. The number of benzene rings is 1. The second-order valence-corrected chi connectivity index (χ2v) is 5.39. The Bertz CT molecular complexity index is 486. The second kappa shape index (κ2) is 7.47. The van der Waals surface area contributed by atoms with Gasteiger partial charge in [0.25, 0.3) is 0 Å². The molecule has 110 valence electrons. The van der Waals surface area contributed by atoms with E-state index in [1.807, 2.05) is 0 Å². The number of carbonyl (C=O) groups excluding carboxylic acids is 2. The van der Waals surface area contributed by atoms with Crippen molar-refractivity contribution in [2.45, 2.75) is 19.4 Å². The highest BCUT2D eigenvalue weighted by Crippen LogP contribution is 2.29. The highest BCUT2D eigenvalue weighted by atomic mass is 35.5. The smallest absolute Gasteiger partial charge is 0.244 e. The van der Waals surface area contributed by atoms with E-state index in [1.165, 1.54) is 4.90 Å². The van der Waals surface area contributed by atoms with Crippen LogP contribution in [0.25, 0.3) is 0 Å². The van der Waals surface area contributed by atoms with Crippen molar-refractivity contribution in [2.24, 2.45) is 5.73 Å². The van der Waals surface area contributed by atoms with Gasteiger partial charge in [-0.3, -0.25) is 9.59 Å². The van der Waals surface area contributed by atoms with Crippen molar-refractivity contribution < 1.29 is 9.59 Å². The lowest BCUT2D eigenvalue weighted by molar-refractivity contribution is -0.133. The SMILES string of the molecule is CC(N)CC(=O)N(C)CC(=O)Nc1c(Cl)cccc1Cl. The number of carbonyl (C=O) groups is 2. The van der Waals surface area contributed by atoms with Crippen molar-refractivity contribution in [2.75, 3.05) is 18.9 Å². The summed E-state index contributed by atoms with van der Waals surface area (Å²) in [4.78, 5) is 24.9. The van der Waals surface area contributed by atoms with Gasteiger partial charge in [0.1, 0.15) is 0 Å². The summed E-state index contributed by atoms with van der Waals surface area (Å²) in [5.41, 5.74) is 5.88. The van der Waals surface area contributed by atoms with Crippen LogP contribution in [0.2, 0.25) is 10.0 Å². The van der Waals surface area contributed by atoms with E-state index in [1.54, 1.807) is 32.2 Å². The quantitative estimate of drug-likeness (QED) is 0.873. The minimum absolute atomic E-state index is 0.0902. The van der Waals surface area contributed by atoms with Crippen LogP contribution in [0.15, 0.2) is 18.2 Å². The van der Waals surface area contributed by atoms with Crippen molar-refractivity contribution in [3.63, 3.8) is 0 Å². The average molecular weight is 318 g/mol. The second-order valence-electron chi connectivity index (χ2n) is 4.58. The van der Waals surface area contributed by atoms with Crippen molar-refractivity contribution in [3.05, 3.63) is 28.2 Å². The number of hydrogen-bond acceptors (Lipinski definition) is 3. The van der Waals surface area contributed by atoms with E-state index in [0.717, 1.165) is 0 Å². The van der Waals surface area contributed by atoms with Gasteiger partial charge in [-0.15, -0.1) is 0 Å². The number of amides is 2. The topological polar surface area (TPSA) is 75.4 Å². The highest BCUT2D eigenvalue weighted by molar-refractivity contribution is 6.39. The van der Waals surface area contributed by atoms with E-state index in [2.05, 4.69) is 5.32 Å². The number of rotatable bonds is 5. The first-order chi connectivity index (χ1) is 9.31. The number of para-hydroxylation sites is 1. The Balaban J connectivity index is 2.62. The Morgan fingerprint density at radius 3 is 2.40 bits per heavy atom.